The van der Waals surface area contributed by atoms with Gasteiger partial charge < -0.3 is 30.3 Å². The third-order valence-electron chi connectivity index (χ3n) is 10.9. The number of imidazole rings is 2. The topological polar surface area (TPSA) is 207 Å². The van der Waals surface area contributed by atoms with Crippen molar-refractivity contribution >= 4 is 68.8 Å². The van der Waals surface area contributed by atoms with Crippen LogP contribution in [0.15, 0.2) is 116 Å². The van der Waals surface area contributed by atoms with Gasteiger partial charge in [-0.3, -0.25) is 37.0 Å². The molecule has 4 aromatic heterocycles. The standard InChI is InChI=1S/C24H23ClF3N5O3.C23H21ClF3N5O4.C2H6O.CH4/c1-3-4-12-32-21(34)19-20(31(2)23(32)35)30-22(33(19)14-15-8-10-16(25)11-9-15)29-17-6-5-7-18(13-17)36-24(26,27)28;1-30-19-18(20(34)31(22(30)35)10-3-11-33)32(13-14-6-8-15(24)9-7-14)21(29-19)28-16-4-2-5-17(12-16)36-23(25,26)27;1-2-3;/h5-11,13H,3-4,12,14H2,1-2H3,(H,29,30);2,4-9,12,33H,3,10-11,13H2,1H3,(H,28,29);3H,2H2,1H3;1H4. The summed E-state index contributed by atoms with van der Waals surface area (Å²) < 4.78 is 91.9. The van der Waals surface area contributed by atoms with Gasteiger partial charge in [-0.2, -0.15) is 9.97 Å². The van der Waals surface area contributed by atoms with E-state index in [4.69, 9.17) is 28.3 Å². The summed E-state index contributed by atoms with van der Waals surface area (Å²) in [4.78, 5) is 61.4. The van der Waals surface area contributed by atoms with Gasteiger partial charge in [-0.05, 0) is 79.4 Å². The number of aryl methyl sites for hydroxylation is 2. The van der Waals surface area contributed by atoms with Crippen molar-refractivity contribution in [2.75, 3.05) is 23.8 Å². The van der Waals surface area contributed by atoms with Crippen molar-refractivity contribution in [2.24, 2.45) is 14.1 Å². The van der Waals surface area contributed by atoms with Gasteiger partial charge in [0.1, 0.15) is 11.5 Å². The molecule has 0 radical (unpaired) electrons. The number of aromatic nitrogens is 8. The number of unbranched alkanes of at least 4 members (excludes halogenated alkanes) is 1. The Hall–Kier alpha value is -7.54. The first-order valence-electron chi connectivity index (χ1n) is 22.9. The van der Waals surface area contributed by atoms with Crippen LogP contribution in [-0.4, -0.2) is 73.5 Å². The minimum Gasteiger partial charge on any atom is -0.406 e. The third-order valence-corrected chi connectivity index (χ3v) is 11.4. The number of rotatable bonds is 16. The number of fused-ring (bicyclic) bond motifs is 2. The van der Waals surface area contributed by atoms with Gasteiger partial charge >= 0.3 is 24.1 Å². The lowest BCUT2D eigenvalue weighted by Gasteiger charge is -2.13. The van der Waals surface area contributed by atoms with Gasteiger partial charge in [0.15, 0.2) is 22.3 Å². The molecule has 0 amide bonds. The third kappa shape index (κ3) is 14.9. The van der Waals surface area contributed by atoms with E-state index in [9.17, 15) is 50.6 Å². The number of benzene rings is 4. The zero-order valence-corrected chi connectivity index (χ0v) is 42.1. The summed E-state index contributed by atoms with van der Waals surface area (Å²) in [5, 5.41) is 23.7. The fourth-order valence-corrected chi connectivity index (χ4v) is 7.78. The highest BCUT2D eigenvalue weighted by Crippen LogP contribution is 2.30. The van der Waals surface area contributed by atoms with Crippen LogP contribution in [0, 0.1) is 0 Å². The van der Waals surface area contributed by atoms with Gasteiger partial charge in [-0.1, -0.05) is 80.4 Å². The molecule has 0 bridgehead atoms. The first kappa shape index (κ1) is 59.3. The number of aliphatic hydroxyl groups is 2. The van der Waals surface area contributed by atoms with Crippen LogP contribution >= 0.6 is 23.2 Å². The molecule has 8 aromatic rings. The molecule has 0 aliphatic carbocycles. The lowest BCUT2D eigenvalue weighted by Crippen LogP contribution is -2.39. The molecule has 0 atom stereocenters. The summed E-state index contributed by atoms with van der Waals surface area (Å²) >= 11 is 12.0. The van der Waals surface area contributed by atoms with Crippen molar-refractivity contribution in [2.45, 2.75) is 79.4 Å². The van der Waals surface area contributed by atoms with Crippen LogP contribution in [-0.2, 0) is 40.3 Å². The lowest BCUT2D eigenvalue weighted by atomic mass is 10.2. The van der Waals surface area contributed by atoms with E-state index in [1.165, 1.54) is 62.7 Å². The number of aliphatic hydroxyl groups excluding tert-OH is 2. The van der Waals surface area contributed by atoms with Gasteiger partial charge in [0.05, 0.1) is 13.1 Å². The van der Waals surface area contributed by atoms with E-state index in [-0.39, 0.29) is 98.8 Å². The molecule has 8 rings (SSSR count). The largest absolute Gasteiger partial charge is 0.573 e. The summed E-state index contributed by atoms with van der Waals surface area (Å²) in [6.07, 6.45) is -8.08. The summed E-state index contributed by atoms with van der Waals surface area (Å²) in [5.41, 5.74) is 0.347. The Morgan fingerprint density at radius 2 is 0.947 bits per heavy atom. The van der Waals surface area contributed by atoms with Crippen LogP contribution in [0.4, 0.5) is 49.6 Å². The molecule has 0 fully saturated rings. The van der Waals surface area contributed by atoms with E-state index < -0.39 is 46.7 Å². The first-order valence-corrected chi connectivity index (χ1v) is 23.7. The smallest absolute Gasteiger partial charge is 0.406 e. The number of hydrogen-bond donors (Lipinski definition) is 4. The number of alkyl halides is 6. The summed E-state index contributed by atoms with van der Waals surface area (Å²) in [7, 11) is 2.98. The fourth-order valence-electron chi connectivity index (χ4n) is 7.53. The van der Waals surface area contributed by atoms with E-state index in [1.807, 2.05) is 6.92 Å². The summed E-state index contributed by atoms with van der Waals surface area (Å²) in [6.45, 7) is 4.27. The molecule has 18 nitrogen and oxygen atoms in total. The van der Waals surface area contributed by atoms with Gasteiger partial charge in [0.2, 0.25) is 11.9 Å². The summed E-state index contributed by atoms with van der Waals surface area (Å²) in [5.74, 6) is -0.561. The summed E-state index contributed by atoms with van der Waals surface area (Å²) in [6, 6.07) is 24.3. The number of anilines is 4. The van der Waals surface area contributed by atoms with Crippen molar-refractivity contribution in [3.05, 3.63) is 160 Å². The molecular weight excluding hydrogens is 1050 g/mol. The SMILES string of the molecule is C.CCCCn1c(=O)c2c(nc(Nc3cccc(OC(F)(F)F)c3)n2Cc2ccc(Cl)cc2)n(C)c1=O.CCO.Cn1c(=O)n(CCCO)c(=O)c2c1nc(Nc1cccc(OC(F)(F)F)c1)n2Cc1ccc(Cl)cc1. The van der Waals surface area contributed by atoms with Crippen molar-refractivity contribution in [3.63, 3.8) is 0 Å². The average Bonchev–Trinajstić information content (AvgIpc) is 3.88. The predicted octanol–water partition coefficient (Wildman–Crippen LogP) is 9.30. The maximum Gasteiger partial charge on any atom is 0.573 e. The van der Waals surface area contributed by atoms with Crippen molar-refractivity contribution in [3.8, 4) is 11.5 Å². The Kier molecular flexibility index (Phi) is 20.1. The van der Waals surface area contributed by atoms with Crippen molar-refractivity contribution in [1.82, 2.24) is 37.4 Å². The molecule has 4 N–H and O–H groups in total. The highest BCUT2D eigenvalue weighted by atomic mass is 35.5. The van der Waals surface area contributed by atoms with Crippen molar-refractivity contribution < 1.29 is 46.0 Å². The molecule has 0 spiro atoms. The second-order valence-corrected chi connectivity index (χ2v) is 17.3. The number of nitrogens with zero attached hydrogens (tertiary/aromatic N) is 8. The average molecular weight is 1110 g/mol. The Labute approximate surface area is 439 Å². The van der Waals surface area contributed by atoms with Gasteiger partial charge in [-0.15, -0.1) is 26.3 Å². The van der Waals surface area contributed by atoms with E-state index in [1.54, 1.807) is 60.0 Å². The molecule has 0 aliphatic rings. The minimum absolute atomic E-state index is 0. The number of halogens is 8. The zero-order valence-electron chi connectivity index (χ0n) is 40.5. The first-order chi connectivity index (χ1) is 35.6. The normalized spacial score (nSPS) is 11.3. The van der Waals surface area contributed by atoms with Crippen molar-refractivity contribution in [1.29, 1.82) is 0 Å². The van der Waals surface area contributed by atoms with Crippen LogP contribution in [0.2, 0.25) is 10.0 Å². The van der Waals surface area contributed by atoms with Crippen LogP contribution in [0.25, 0.3) is 22.3 Å². The van der Waals surface area contributed by atoms with Crippen LogP contribution in [0.5, 0.6) is 11.5 Å². The molecule has 0 saturated heterocycles. The minimum atomic E-state index is -4.86. The Morgan fingerprint density at radius 3 is 1.29 bits per heavy atom. The number of hydrogen-bond acceptors (Lipinski definition) is 12. The Balaban J connectivity index is 0.000000264. The molecule has 0 aliphatic heterocycles. The van der Waals surface area contributed by atoms with Crippen LogP contribution in [0.1, 0.15) is 51.7 Å². The number of nitrogens with one attached hydrogen (secondary N) is 2. The number of ether oxygens (including phenoxy) is 2. The lowest BCUT2D eigenvalue weighted by molar-refractivity contribution is -0.275. The second kappa shape index (κ2) is 25.8. The fraction of sp³-hybridized carbons (Fsp3) is 0.320. The molecule has 408 valence electrons. The maximum atomic E-state index is 13.4. The van der Waals surface area contributed by atoms with Gasteiger partial charge in [0.25, 0.3) is 11.1 Å². The highest BCUT2D eigenvalue weighted by Gasteiger charge is 2.32. The van der Waals surface area contributed by atoms with Crippen LogP contribution < -0.4 is 42.6 Å². The molecule has 0 unspecified atom stereocenters. The molecule has 0 saturated carbocycles. The molecule has 4 heterocycles. The molecular formula is C50H54Cl2F6N10O8. The van der Waals surface area contributed by atoms with E-state index in [2.05, 4.69) is 30.1 Å². The molecule has 26 heteroatoms. The monoisotopic (exact) mass is 1110 g/mol. The van der Waals surface area contributed by atoms with E-state index >= 15 is 0 Å². The van der Waals surface area contributed by atoms with Gasteiger partial charge in [-0.25, -0.2) is 9.59 Å². The molecule has 4 aromatic carbocycles. The van der Waals surface area contributed by atoms with Gasteiger partial charge in [0, 0.05) is 74.0 Å². The predicted molar refractivity (Wildman–Crippen MR) is 278 cm³/mol. The molecule has 76 heavy (non-hydrogen) atoms. The van der Waals surface area contributed by atoms with E-state index in [0.717, 1.165) is 40.3 Å². The van der Waals surface area contributed by atoms with E-state index in [0.29, 0.717) is 16.5 Å². The Morgan fingerprint density at radius 1 is 0.579 bits per heavy atom. The zero-order chi connectivity index (χ0) is 54.8. The van der Waals surface area contributed by atoms with Crippen LogP contribution in [0.3, 0.4) is 0 Å². The Bertz CT molecular complexity index is 3270. The highest BCUT2D eigenvalue weighted by molar-refractivity contribution is 6.30. The second-order valence-electron chi connectivity index (χ2n) is 16.4. The quantitative estimate of drug-likeness (QED) is 0.0668. The maximum absolute atomic E-state index is 13.4.